The number of hydrogen-bond donors (Lipinski definition) is 4. The first-order valence-electron chi connectivity index (χ1n) is 5.32. The van der Waals surface area contributed by atoms with Crippen molar-refractivity contribution in [1.82, 2.24) is 4.98 Å². The average Bonchev–Trinajstić information content (AvgIpc) is 2.36. The Morgan fingerprint density at radius 2 is 1.88 bits per heavy atom. The molecule has 0 saturated heterocycles. The van der Waals surface area contributed by atoms with Gasteiger partial charge in [0, 0.05) is 7.05 Å². The normalized spacial score (nSPS) is 11.2. The summed E-state index contributed by atoms with van der Waals surface area (Å²) in [5, 5.41) is 24.7. The maximum absolute atomic E-state index is 9.31. The first-order valence-corrected chi connectivity index (χ1v) is 5.32. The van der Waals surface area contributed by atoms with Gasteiger partial charge in [0.1, 0.15) is 0 Å². The van der Waals surface area contributed by atoms with E-state index in [0.29, 0.717) is 6.42 Å². The molecule has 5 heteroatoms. The van der Waals surface area contributed by atoms with Crippen LogP contribution in [0.25, 0.3) is 0 Å². The molecule has 1 rings (SSSR count). The van der Waals surface area contributed by atoms with Crippen LogP contribution in [-0.2, 0) is 0 Å². The highest BCUT2D eigenvalue weighted by Gasteiger charge is 2.26. The highest BCUT2D eigenvalue weighted by Crippen LogP contribution is 2.19. The van der Waals surface area contributed by atoms with Crippen LogP contribution in [0.4, 0.5) is 11.4 Å². The Labute approximate surface area is 95.5 Å². The van der Waals surface area contributed by atoms with Crippen LogP contribution in [0.5, 0.6) is 0 Å². The molecule has 0 saturated carbocycles. The molecule has 0 spiro atoms. The van der Waals surface area contributed by atoms with Gasteiger partial charge in [-0.3, -0.25) is 4.98 Å². The van der Waals surface area contributed by atoms with Gasteiger partial charge in [-0.2, -0.15) is 0 Å². The van der Waals surface area contributed by atoms with Gasteiger partial charge in [-0.1, -0.05) is 6.92 Å². The molecule has 0 aliphatic heterocycles. The SMILES string of the molecule is CCC(CO)(CO)Nc1cncc(NC)c1. The maximum atomic E-state index is 9.31. The maximum Gasteiger partial charge on any atom is 0.0832 e. The van der Waals surface area contributed by atoms with E-state index in [1.54, 1.807) is 12.4 Å². The molecule has 0 unspecified atom stereocenters. The Balaban J connectivity index is 2.84. The zero-order valence-electron chi connectivity index (χ0n) is 9.70. The molecule has 90 valence electrons. The van der Waals surface area contributed by atoms with Gasteiger partial charge >= 0.3 is 0 Å². The smallest absolute Gasteiger partial charge is 0.0832 e. The van der Waals surface area contributed by atoms with Crippen LogP contribution in [0.3, 0.4) is 0 Å². The fraction of sp³-hybridized carbons (Fsp3) is 0.545. The summed E-state index contributed by atoms with van der Waals surface area (Å²) in [6.45, 7) is 1.67. The first-order chi connectivity index (χ1) is 7.69. The lowest BCUT2D eigenvalue weighted by molar-refractivity contribution is 0.132. The lowest BCUT2D eigenvalue weighted by atomic mass is 9.98. The van der Waals surface area contributed by atoms with Crippen LogP contribution in [0.2, 0.25) is 0 Å². The van der Waals surface area contributed by atoms with Crippen molar-refractivity contribution in [3.05, 3.63) is 18.5 Å². The number of rotatable bonds is 6. The number of aromatic nitrogens is 1. The Hall–Kier alpha value is -1.33. The van der Waals surface area contributed by atoms with Crippen LogP contribution < -0.4 is 10.6 Å². The minimum atomic E-state index is -0.686. The lowest BCUT2D eigenvalue weighted by Gasteiger charge is -2.30. The molecule has 1 aromatic heterocycles. The summed E-state index contributed by atoms with van der Waals surface area (Å²) in [6.07, 6.45) is 4.00. The molecule has 4 N–H and O–H groups in total. The second kappa shape index (κ2) is 5.67. The average molecular weight is 225 g/mol. The van der Waals surface area contributed by atoms with Gasteiger partial charge in [0.15, 0.2) is 0 Å². The Bertz CT molecular complexity index is 318. The van der Waals surface area contributed by atoms with E-state index in [1.807, 2.05) is 20.0 Å². The summed E-state index contributed by atoms with van der Waals surface area (Å²) in [5.41, 5.74) is 0.969. The molecule has 0 aliphatic rings. The van der Waals surface area contributed by atoms with Crippen LogP contribution in [0.1, 0.15) is 13.3 Å². The van der Waals surface area contributed by atoms with Gasteiger partial charge in [-0.25, -0.2) is 0 Å². The van der Waals surface area contributed by atoms with E-state index in [9.17, 15) is 10.2 Å². The molecule has 16 heavy (non-hydrogen) atoms. The lowest BCUT2D eigenvalue weighted by Crippen LogP contribution is -2.45. The largest absolute Gasteiger partial charge is 0.394 e. The summed E-state index contributed by atoms with van der Waals surface area (Å²) in [4.78, 5) is 4.05. The summed E-state index contributed by atoms with van der Waals surface area (Å²) in [6, 6.07) is 1.88. The summed E-state index contributed by atoms with van der Waals surface area (Å²) in [7, 11) is 1.81. The predicted molar refractivity (Wildman–Crippen MR) is 64.6 cm³/mol. The number of pyridine rings is 1. The van der Waals surface area contributed by atoms with Crippen LogP contribution in [-0.4, -0.2) is 41.0 Å². The van der Waals surface area contributed by atoms with Crippen molar-refractivity contribution < 1.29 is 10.2 Å². The topological polar surface area (TPSA) is 77.4 Å². The van der Waals surface area contributed by atoms with Gasteiger partial charge in [-0.15, -0.1) is 0 Å². The number of anilines is 2. The molecule has 0 fully saturated rings. The van der Waals surface area contributed by atoms with Crippen molar-refractivity contribution in [3.63, 3.8) is 0 Å². The highest BCUT2D eigenvalue weighted by atomic mass is 16.3. The van der Waals surface area contributed by atoms with Crippen molar-refractivity contribution in [2.75, 3.05) is 30.9 Å². The van der Waals surface area contributed by atoms with E-state index >= 15 is 0 Å². The molecule has 0 amide bonds. The Morgan fingerprint density at radius 3 is 2.38 bits per heavy atom. The van der Waals surface area contributed by atoms with Crippen molar-refractivity contribution in [1.29, 1.82) is 0 Å². The minimum Gasteiger partial charge on any atom is -0.394 e. The van der Waals surface area contributed by atoms with E-state index in [0.717, 1.165) is 11.4 Å². The molecule has 5 nitrogen and oxygen atoms in total. The van der Waals surface area contributed by atoms with Crippen LogP contribution in [0, 0.1) is 0 Å². The number of hydrogen-bond acceptors (Lipinski definition) is 5. The van der Waals surface area contributed by atoms with Crippen LogP contribution in [0.15, 0.2) is 18.5 Å². The zero-order chi connectivity index (χ0) is 12.0. The molecule has 0 bridgehead atoms. The molecule has 0 aromatic carbocycles. The number of aliphatic hydroxyl groups excluding tert-OH is 2. The van der Waals surface area contributed by atoms with E-state index in [1.165, 1.54) is 0 Å². The third kappa shape index (κ3) is 2.84. The van der Waals surface area contributed by atoms with Crippen molar-refractivity contribution in [2.24, 2.45) is 0 Å². The first kappa shape index (κ1) is 12.7. The quantitative estimate of drug-likeness (QED) is 0.572. The van der Waals surface area contributed by atoms with E-state index in [4.69, 9.17) is 0 Å². The minimum absolute atomic E-state index is 0.121. The summed E-state index contributed by atoms with van der Waals surface area (Å²) >= 11 is 0. The molecule has 0 radical (unpaired) electrons. The van der Waals surface area contributed by atoms with Gasteiger partial charge in [0.05, 0.1) is 42.5 Å². The zero-order valence-corrected chi connectivity index (χ0v) is 9.70. The van der Waals surface area contributed by atoms with E-state index in [-0.39, 0.29) is 13.2 Å². The highest BCUT2D eigenvalue weighted by molar-refractivity contribution is 5.54. The standard InChI is InChI=1S/C11H19N3O2/c1-3-11(7-15,8-16)14-10-4-9(12-2)5-13-6-10/h4-6,12,14-16H,3,7-8H2,1-2H3. The monoisotopic (exact) mass is 225 g/mol. The Morgan fingerprint density at radius 1 is 1.25 bits per heavy atom. The van der Waals surface area contributed by atoms with Crippen molar-refractivity contribution in [2.45, 2.75) is 18.9 Å². The molecular weight excluding hydrogens is 206 g/mol. The number of aliphatic hydroxyl groups is 2. The van der Waals surface area contributed by atoms with E-state index in [2.05, 4.69) is 15.6 Å². The number of nitrogens with zero attached hydrogens (tertiary/aromatic N) is 1. The molecular formula is C11H19N3O2. The van der Waals surface area contributed by atoms with Gasteiger partial charge < -0.3 is 20.8 Å². The Kier molecular flexibility index (Phi) is 4.52. The molecule has 1 heterocycles. The molecule has 1 aromatic rings. The van der Waals surface area contributed by atoms with E-state index < -0.39 is 5.54 Å². The van der Waals surface area contributed by atoms with Gasteiger partial charge in [-0.05, 0) is 12.5 Å². The summed E-state index contributed by atoms with van der Waals surface area (Å²) in [5.74, 6) is 0. The fourth-order valence-corrected chi connectivity index (χ4v) is 1.39. The van der Waals surface area contributed by atoms with Gasteiger partial charge in [0.25, 0.3) is 0 Å². The van der Waals surface area contributed by atoms with Crippen LogP contribution >= 0.6 is 0 Å². The second-order valence-electron chi connectivity index (χ2n) is 3.79. The van der Waals surface area contributed by atoms with Crippen molar-refractivity contribution in [3.8, 4) is 0 Å². The third-order valence-electron chi connectivity index (χ3n) is 2.72. The van der Waals surface area contributed by atoms with Crippen molar-refractivity contribution >= 4 is 11.4 Å². The van der Waals surface area contributed by atoms with Gasteiger partial charge in [0.2, 0.25) is 0 Å². The summed E-state index contributed by atoms with van der Waals surface area (Å²) < 4.78 is 0. The predicted octanol–water partition coefficient (Wildman–Crippen LogP) is 0.669. The molecule has 0 aliphatic carbocycles. The fourth-order valence-electron chi connectivity index (χ4n) is 1.39. The number of nitrogens with one attached hydrogen (secondary N) is 2. The molecule has 0 atom stereocenters. The third-order valence-corrected chi connectivity index (χ3v) is 2.72. The second-order valence-corrected chi connectivity index (χ2v) is 3.79.